The van der Waals surface area contributed by atoms with E-state index in [1.807, 2.05) is 56.3 Å². The van der Waals surface area contributed by atoms with Gasteiger partial charge in [-0.25, -0.2) is 8.42 Å². The highest BCUT2D eigenvalue weighted by Crippen LogP contribution is 2.33. The van der Waals surface area contributed by atoms with Crippen molar-refractivity contribution in [1.82, 2.24) is 4.98 Å². The molecule has 0 saturated heterocycles. The van der Waals surface area contributed by atoms with Crippen LogP contribution in [0.3, 0.4) is 0 Å². The normalized spacial score (nSPS) is 13.3. The predicted octanol–water partition coefficient (Wildman–Crippen LogP) is 4.50. The molecule has 1 aromatic heterocycles. The van der Waals surface area contributed by atoms with Crippen molar-refractivity contribution in [3.8, 4) is 0 Å². The molecular formula is C23H24N2O3S. The zero-order chi connectivity index (χ0) is 21.0. The van der Waals surface area contributed by atoms with E-state index in [1.54, 1.807) is 24.4 Å². The van der Waals surface area contributed by atoms with Gasteiger partial charge in [-0.05, 0) is 54.8 Å². The number of pyridine rings is 1. The molecule has 2 aromatic carbocycles. The first kappa shape index (κ1) is 20.7. The monoisotopic (exact) mass is 408 g/mol. The van der Waals surface area contributed by atoms with E-state index < -0.39 is 9.84 Å². The SMILES string of the molecule is Cc1cc(/C(CC(c2cccc(S(C)(=O)=O)c2)c2ccccc2C)=N/O)ccn1. The smallest absolute Gasteiger partial charge is 0.175 e. The van der Waals surface area contributed by atoms with Gasteiger partial charge in [-0.1, -0.05) is 41.6 Å². The molecule has 0 saturated carbocycles. The van der Waals surface area contributed by atoms with Gasteiger partial charge in [0, 0.05) is 36.0 Å². The minimum Gasteiger partial charge on any atom is -0.411 e. The number of rotatable bonds is 6. The third kappa shape index (κ3) is 4.90. The van der Waals surface area contributed by atoms with Gasteiger partial charge >= 0.3 is 0 Å². The number of oxime groups is 1. The number of benzene rings is 2. The Labute approximate surface area is 171 Å². The van der Waals surface area contributed by atoms with Crippen molar-refractivity contribution in [2.75, 3.05) is 6.26 Å². The first-order chi connectivity index (χ1) is 13.8. The van der Waals surface area contributed by atoms with Crippen LogP contribution in [-0.2, 0) is 9.84 Å². The fourth-order valence-electron chi connectivity index (χ4n) is 3.48. The van der Waals surface area contributed by atoms with Gasteiger partial charge in [0.05, 0.1) is 10.6 Å². The van der Waals surface area contributed by atoms with E-state index in [2.05, 4.69) is 10.1 Å². The lowest BCUT2D eigenvalue weighted by atomic mass is 9.83. The van der Waals surface area contributed by atoms with E-state index in [9.17, 15) is 13.6 Å². The van der Waals surface area contributed by atoms with Crippen molar-refractivity contribution in [1.29, 1.82) is 0 Å². The second-order valence-electron chi connectivity index (χ2n) is 7.19. The molecule has 29 heavy (non-hydrogen) atoms. The molecule has 1 N–H and O–H groups in total. The molecule has 1 unspecified atom stereocenters. The Bertz CT molecular complexity index is 1150. The maximum Gasteiger partial charge on any atom is 0.175 e. The molecular weight excluding hydrogens is 384 g/mol. The van der Waals surface area contributed by atoms with Gasteiger partial charge in [-0.15, -0.1) is 0 Å². The molecule has 0 aliphatic carbocycles. The van der Waals surface area contributed by atoms with Gasteiger partial charge in [0.15, 0.2) is 9.84 Å². The zero-order valence-electron chi connectivity index (χ0n) is 16.7. The van der Waals surface area contributed by atoms with Gasteiger partial charge in [-0.3, -0.25) is 4.98 Å². The highest BCUT2D eigenvalue weighted by atomic mass is 32.2. The summed E-state index contributed by atoms with van der Waals surface area (Å²) >= 11 is 0. The quantitative estimate of drug-likeness (QED) is 0.370. The van der Waals surface area contributed by atoms with E-state index >= 15 is 0 Å². The number of nitrogens with zero attached hydrogens (tertiary/aromatic N) is 2. The van der Waals surface area contributed by atoms with Crippen LogP contribution in [0.4, 0.5) is 0 Å². The molecule has 5 nitrogen and oxygen atoms in total. The van der Waals surface area contributed by atoms with Crippen LogP contribution in [0.2, 0.25) is 0 Å². The molecule has 0 fully saturated rings. The Kier molecular flexibility index (Phi) is 6.13. The lowest BCUT2D eigenvalue weighted by Crippen LogP contribution is -2.12. The lowest BCUT2D eigenvalue weighted by Gasteiger charge is -2.21. The predicted molar refractivity (Wildman–Crippen MR) is 114 cm³/mol. The van der Waals surface area contributed by atoms with Gasteiger partial charge < -0.3 is 5.21 Å². The standard InChI is InChI=1S/C23H24N2O3S/c1-16-7-4-5-10-21(16)22(18-8-6-9-20(14-18)29(3,27)28)15-23(25-26)19-11-12-24-17(2)13-19/h4-14,22,26H,15H2,1-3H3/b25-23+. The molecule has 1 heterocycles. The Hall–Kier alpha value is -2.99. The van der Waals surface area contributed by atoms with Crippen molar-refractivity contribution >= 4 is 15.5 Å². The fourth-order valence-corrected chi connectivity index (χ4v) is 4.16. The van der Waals surface area contributed by atoms with E-state index in [0.717, 1.165) is 27.9 Å². The highest BCUT2D eigenvalue weighted by Gasteiger charge is 2.21. The van der Waals surface area contributed by atoms with Crippen molar-refractivity contribution in [3.05, 3.63) is 94.8 Å². The minimum absolute atomic E-state index is 0.169. The van der Waals surface area contributed by atoms with Crippen molar-refractivity contribution in [2.24, 2.45) is 5.16 Å². The van der Waals surface area contributed by atoms with Gasteiger partial charge in [0.2, 0.25) is 0 Å². The summed E-state index contributed by atoms with van der Waals surface area (Å²) in [5, 5.41) is 13.3. The molecule has 3 aromatic rings. The summed E-state index contributed by atoms with van der Waals surface area (Å²) in [5.41, 5.74) is 5.14. The number of hydrogen-bond donors (Lipinski definition) is 1. The number of hydrogen-bond acceptors (Lipinski definition) is 5. The van der Waals surface area contributed by atoms with Crippen LogP contribution >= 0.6 is 0 Å². The molecule has 0 spiro atoms. The van der Waals surface area contributed by atoms with Crippen LogP contribution < -0.4 is 0 Å². The molecule has 0 bridgehead atoms. The minimum atomic E-state index is -3.33. The fraction of sp³-hybridized carbons (Fsp3) is 0.217. The number of aryl methyl sites for hydroxylation is 2. The first-order valence-electron chi connectivity index (χ1n) is 9.29. The summed E-state index contributed by atoms with van der Waals surface area (Å²) in [5.74, 6) is -0.169. The average molecular weight is 409 g/mol. The summed E-state index contributed by atoms with van der Waals surface area (Å²) in [6.07, 6.45) is 3.30. The summed E-state index contributed by atoms with van der Waals surface area (Å²) in [6.45, 7) is 3.90. The van der Waals surface area contributed by atoms with Crippen LogP contribution in [0.15, 0.2) is 76.9 Å². The second kappa shape index (κ2) is 8.57. The molecule has 150 valence electrons. The third-order valence-corrected chi connectivity index (χ3v) is 6.11. The maximum atomic E-state index is 12.1. The van der Waals surface area contributed by atoms with Crippen LogP contribution in [0.1, 0.15) is 40.3 Å². The average Bonchev–Trinajstić information content (AvgIpc) is 2.69. The molecule has 0 aliphatic heterocycles. The van der Waals surface area contributed by atoms with Crippen molar-refractivity contribution < 1.29 is 13.6 Å². The lowest BCUT2D eigenvalue weighted by molar-refractivity contribution is 0.317. The number of aromatic nitrogens is 1. The summed E-state index contributed by atoms with van der Waals surface area (Å²) in [4.78, 5) is 4.48. The summed E-state index contributed by atoms with van der Waals surface area (Å²) < 4.78 is 24.2. The Morgan fingerprint density at radius 1 is 1.07 bits per heavy atom. The van der Waals surface area contributed by atoms with E-state index in [4.69, 9.17) is 0 Å². The largest absolute Gasteiger partial charge is 0.411 e. The van der Waals surface area contributed by atoms with E-state index in [1.165, 1.54) is 6.26 Å². The second-order valence-corrected chi connectivity index (χ2v) is 9.21. The topological polar surface area (TPSA) is 79.6 Å². The molecule has 0 aliphatic rings. The molecule has 0 amide bonds. The third-order valence-electron chi connectivity index (χ3n) is 5.00. The van der Waals surface area contributed by atoms with E-state index in [-0.39, 0.29) is 10.8 Å². The number of sulfone groups is 1. The summed E-state index contributed by atoms with van der Waals surface area (Å²) in [7, 11) is -3.33. The van der Waals surface area contributed by atoms with Gasteiger partial charge in [0.1, 0.15) is 0 Å². The van der Waals surface area contributed by atoms with Gasteiger partial charge in [0.25, 0.3) is 0 Å². The van der Waals surface area contributed by atoms with Crippen LogP contribution in [0.5, 0.6) is 0 Å². The molecule has 6 heteroatoms. The van der Waals surface area contributed by atoms with Crippen LogP contribution in [0.25, 0.3) is 0 Å². The maximum absolute atomic E-state index is 12.1. The molecule has 1 atom stereocenters. The van der Waals surface area contributed by atoms with E-state index in [0.29, 0.717) is 12.1 Å². The Morgan fingerprint density at radius 3 is 2.48 bits per heavy atom. The Morgan fingerprint density at radius 2 is 1.83 bits per heavy atom. The van der Waals surface area contributed by atoms with Crippen LogP contribution in [0, 0.1) is 13.8 Å². The highest BCUT2D eigenvalue weighted by molar-refractivity contribution is 7.90. The zero-order valence-corrected chi connectivity index (χ0v) is 17.5. The van der Waals surface area contributed by atoms with Crippen molar-refractivity contribution in [3.63, 3.8) is 0 Å². The van der Waals surface area contributed by atoms with Crippen molar-refractivity contribution in [2.45, 2.75) is 31.1 Å². The first-order valence-corrected chi connectivity index (χ1v) is 11.2. The summed E-state index contributed by atoms with van der Waals surface area (Å²) in [6, 6.07) is 18.6. The molecule has 3 rings (SSSR count). The van der Waals surface area contributed by atoms with Gasteiger partial charge in [-0.2, -0.15) is 0 Å². The Balaban J connectivity index is 2.11. The van der Waals surface area contributed by atoms with Crippen LogP contribution in [-0.4, -0.2) is 30.6 Å². The molecule has 0 radical (unpaired) electrons.